The van der Waals surface area contributed by atoms with Crippen molar-refractivity contribution in [3.63, 3.8) is 0 Å². The number of anilines is 1. The van der Waals surface area contributed by atoms with Crippen LogP contribution in [-0.2, 0) is 4.79 Å². The van der Waals surface area contributed by atoms with Crippen molar-refractivity contribution in [2.45, 2.75) is 18.5 Å². The normalized spacial score (nSPS) is 22.4. The number of methoxy groups -OCH3 is 1. The lowest BCUT2D eigenvalue weighted by Crippen LogP contribution is -2.53. The van der Waals surface area contributed by atoms with Gasteiger partial charge in [0.05, 0.1) is 7.11 Å². The van der Waals surface area contributed by atoms with Gasteiger partial charge in [0.1, 0.15) is 11.8 Å². The molecular formula is C21H25ClN4O2. The predicted molar refractivity (Wildman–Crippen MR) is 111 cm³/mol. The lowest BCUT2D eigenvalue weighted by Gasteiger charge is -2.37. The minimum absolute atomic E-state index is 0.0943. The molecule has 0 aromatic heterocycles. The van der Waals surface area contributed by atoms with E-state index in [2.05, 4.69) is 27.9 Å². The van der Waals surface area contributed by atoms with Crippen LogP contribution in [0.3, 0.4) is 0 Å². The molecule has 4 rings (SSSR count). The Morgan fingerprint density at radius 2 is 1.86 bits per heavy atom. The Morgan fingerprint density at radius 1 is 1.07 bits per heavy atom. The van der Waals surface area contributed by atoms with E-state index in [9.17, 15) is 4.79 Å². The molecule has 0 radical (unpaired) electrons. The van der Waals surface area contributed by atoms with Gasteiger partial charge in [-0.15, -0.1) is 0 Å². The number of hydrogen-bond donors (Lipinski definition) is 2. The maximum Gasteiger partial charge on any atom is 0.241 e. The van der Waals surface area contributed by atoms with Crippen molar-refractivity contribution in [2.24, 2.45) is 0 Å². The summed E-state index contributed by atoms with van der Waals surface area (Å²) >= 11 is 6.10. The van der Waals surface area contributed by atoms with Gasteiger partial charge in [0.15, 0.2) is 0 Å². The molecule has 2 fully saturated rings. The van der Waals surface area contributed by atoms with Crippen LogP contribution in [0, 0.1) is 0 Å². The number of ether oxygens (including phenoxy) is 1. The van der Waals surface area contributed by atoms with Gasteiger partial charge in [0, 0.05) is 42.9 Å². The highest BCUT2D eigenvalue weighted by Gasteiger charge is 2.34. The number of halogens is 1. The third-order valence-corrected chi connectivity index (χ3v) is 5.70. The molecule has 0 aliphatic carbocycles. The minimum atomic E-state index is -0.214. The molecule has 0 saturated carbocycles. The third-order valence-electron chi connectivity index (χ3n) is 5.46. The SMILES string of the molecule is COc1cccc(C2CC(C(=O)N3CCN(c4cccc(Cl)c4)CC3)NN2)c1. The van der Waals surface area contributed by atoms with E-state index < -0.39 is 0 Å². The molecule has 1 amide bonds. The zero-order chi connectivity index (χ0) is 19.5. The van der Waals surface area contributed by atoms with Crippen LogP contribution in [0.4, 0.5) is 5.69 Å². The molecule has 2 aromatic rings. The standard InChI is InChI=1S/C21H25ClN4O2/c1-28-18-7-2-4-15(12-18)19-14-20(24-23-19)21(27)26-10-8-25(9-11-26)17-6-3-5-16(22)13-17/h2-7,12-13,19-20,23-24H,8-11,14H2,1H3. The Labute approximate surface area is 170 Å². The summed E-state index contributed by atoms with van der Waals surface area (Å²) in [6, 6.07) is 15.7. The average molecular weight is 401 g/mol. The van der Waals surface area contributed by atoms with Crippen LogP contribution in [0.25, 0.3) is 0 Å². The van der Waals surface area contributed by atoms with Crippen LogP contribution in [0.15, 0.2) is 48.5 Å². The molecule has 7 heteroatoms. The van der Waals surface area contributed by atoms with Gasteiger partial charge in [-0.1, -0.05) is 29.8 Å². The fourth-order valence-electron chi connectivity index (χ4n) is 3.87. The van der Waals surface area contributed by atoms with Gasteiger partial charge < -0.3 is 14.5 Å². The van der Waals surface area contributed by atoms with E-state index in [0.29, 0.717) is 13.1 Å². The highest BCUT2D eigenvalue weighted by atomic mass is 35.5. The number of nitrogens with one attached hydrogen (secondary N) is 2. The monoisotopic (exact) mass is 400 g/mol. The number of piperazine rings is 1. The Balaban J connectivity index is 1.33. The van der Waals surface area contributed by atoms with E-state index >= 15 is 0 Å². The Hall–Kier alpha value is -2.28. The van der Waals surface area contributed by atoms with E-state index in [1.165, 1.54) is 0 Å². The lowest BCUT2D eigenvalue weighted by molar-refractivity contribution is -0.133. The molecule has 2 saturated heterocycles. The van der Waals surface area contributed by atoms with E-state index in [-0.39, 0.29) is 18.0 Å². The molecule has 148 valence electrons. The maximum atomic E-state index is 13.0. The first-order chi connectivity index (χ1) is 13.6. The van der Waals surface area contributed by atoms with Crippen LogP contribution in [0.1, 0.15) is 18.0 Å². The van der Waals surface area contributed by atoms with E-state index in [1.807, 2.05) is 41.3 Å². The number of nitrogens with zero attached hydrogens (tertiary/aromatic N) is 2. The summed E-state index contributed by atoms with van der Waals surface area (Å²) in [5.74, 6) is 0.981. The Kier molecular flexibility index (Phi) is 5.71. The number of carbonyl (C=O) groups excluding carboxylic acids is 1. The highest BCUT2D eigenvalue weighted by Crippen LogP contribution is 2.26. The second-order valence-corrected chi connectivity index (χ2v) is 7.63. The number of hydrazine groups is 1. The van der Waals surface area contributed by atoms with E-state index in [0.717, 1.165) is 41.5 Å². The zero-order valence-corrected chi connectivity index (χ0v) is 16.7. The molecule has 0 spiro atoms. The maximum absolute atomic E-state index is 13.0. The largest absolute Gasteiger partial charge is 0.497 e. The second-order valence-electron chi connectivity index (χ2n) is 7.20. The van der Waals surface area contributed by atoms with Gasteiger partial charge in [-0.3, -0.25) is 4.79 Å². The first-order valence-electron chi connectivity index (χ1n) is 9.58. The molecule has 2 heterocycles. The van der Waals surface area contributed by atoms with Crippen LogP contribution in [0.5, 0.6) is 5.75 Å². The fourth-order valence-corrected chi connectivity index (χ4v) is 4.06. The van der Waals surface area contributed by atoms with Crippen molar-refractivity contribution in [3.05, 3.63) is 59.1 Å². The summed E-state index contributed by atoms with van der Waals surface area (Å²) in [5, 5.41) is 0.737. The van der Waals surface area contributed by atoms with Gasteiger partial charge in [-0.2, -0.15) is 0 Å². The number of hydrogen-bond acceptors (Lipinski definition) is 5. The molecule has 2 N–H and O–H groups in total. The summed E-state index contributed by atoms with van der Waals surface area (Å²) in [7, 11) is 1.66. The van der Waals surface area contributed by atoms with Gasteiger partial charge >= 0.3 is 0 Å². The summed E-state index contributed by atoms with van der Waals surface area (Å²) in [6.07, 6.45) is 0.723. The van der Waals surface area contributed by atoms with Crippen LogP contribution < -0.4 is 20.5 Å². The summed E-state index contributed by atoms with van der Waals surface area (Å²) in [5.41, 5.74) is 8.66. The Bertz CT molecular complexity index is 839. The van der Waals surface area contributed by atoms with Crippen LogP contribution in [0.2, 0.25) is 5.02 Å². The summed E-state index contributed by atoms with van der Waals surface area (Å²) in [4.78, 5) is 17.2. The first kappa shape index (κ1) is 19.1. The molecule has 2 aliphatic rings. The average Bonchev–Trinajstić information content (AvgIpc) is 3.24. The quantitative estimate of drug-likeness (QED) is 0.826. The summed E-state index contributed by atoms with van der Waals surface area (Å²) in [6.45, 7) is 3.05. The van der Waals surface area contributed by atoms with Crippen LogP contribution in [-0.4, -0.2) is 50.1 Å². The van der Waals surface area contributed by atoms with Crippen molar-refractivity contribution in [3.8, 4) is 5.75 Å². The summed E-state index contributed by atoms with van der Waals surface area (Å²) < 4.78 is 5.30. The van der Waals surface area contributed by atoms with Gasteiger partial charge in [0.2, 0.25) is 5.91 Å². The van der Waals surface area contributed by atoms with Gasteiger partial charge in [-0.25, -0.2) is 10.9 Å². The highest BCUT2D eigenvalue weighted by molar-refractivity contribution is 6.30. The molecule has 6 nitrogen and oxygen atoms in total. The second kappa shape index (κ2) is 8.39. The minimum Gasteiger partial charge on any atom is -0.497 e. The fraction of sp³-hybridized carbons (Fsp3) is 0.381. The number of rotatable bonds is 4. The molecule has 0 bridgehead atoms. The molecule has 28 heavy (non-hydrogen) atoms. The molecule has 2 aliphatic heterocycles. The van der Waals surface area contributed by atoms with E-state index in [1.54, 1.807) is 7.11 Å². The first-order valence-corrected chi connectivity index (χ1v) is 9.96. The van der Waals surface area contributed by atoms with Crippen molar-refractivity contribution in [2.75, 3.05) is 38.2 Å². The zero-order valence-electron chi connectivity index (χ0n) is 15.9. The van der Waals surface area contributed by atoms with Crippen molar-refractivity contribution >= 4 is 23.2 Å². The third kappa shape index (κ3) is 4.09. The van der Waals surface area contributed by atoms with Crippen LogP contribution >= 0.6 is 11.6 Å². The number of benzene rings is 2. The molecule has 2 aromatic carbocycles. The number of carbonyl (C=O) groups is 1. The number of amides is 1. The smallest absolute Gasteiger partial charge is 0.241 e. The van der Waals surface area contributed by atoms with Gasteiger partial charge in [-0.05, 0) is 42.3 Å². The van der Waals surface area contributed by atoms with Gasteiger partial charge in [0.25, 0.3) is 0 Å². The van der Waals surface area contributed by atoms with E-state index in [4.69, 9.17) is 16.3 Å². The predicted octanol–water partition coefficient (Wildman–Crippen LogP) is 2.60. The Morgan fingerprint density at radius 3 is 2.61 bits per heavy atom. The molecule has 2 unspecified atom stereocenters. The molecule has 2 atom stereocenters. The van der Waals surface area contributed by atoms with Crippen molar-refractivity contribution in [1.82, 2.24) is 15.8 Å². The molecular weight excluding hydrogens is 376 g/mol. The lowest BCUT2D eigenvalue weighted by atomic mass is 10.0. The topological polar surface area (TPSA) is 56.8 Å². The van der Waals surface area contributed by atoms with Crippen molar-refractivity contribution < 1.29 is 9.53 Å². The van der Waals surface area contributed by atoms with Crippen molar-refractivity contribution in [1.29, 1.82) is 0 Å².